The van der Waals surface area contributed by atoms with Crippen LogP contribution >= 0.6 is 7.37 Å². The zero-order chi connectivity index (χ0) is 23.5. The van der Waals surface area contributed by atoms with Crippen LogP contribution in [0.1, 0.15) is 38.5 Å². The Bertz CT molecular complexity index is 1120. The van der Waals surface area contributed by atoms with Crippen LogP contribution in [0, 0.1) is 17.8 Å². The minimum absolute atomic E-state index is 0. The maximum atomic E-state index is 13.2. The number of hydrogen-bond acceptors (Lipinski definition) is 4. The minimum atomic E-state index is -3.59. The van der Waals surface area contributed by atoms with E-state index >= 15 is 0 Å². The van der Waals surface area contributed by atoms with Crippen molar-refractivity contribution in [3.8, 4) is 11.1 Å². The van der Waals surface area contributed by atoms with Crippen LogP contribution in [0.3, 0.4) is 0 Å². The quantitative estimate of drug-likeness (QED) is 0.230. The van der Waals surface area contributed by atoms with Gasteiger partial charge in [0.05, 0.1) is 4.90 Å². The van der Waals surface area contributed by atoms with Crippen molar-refractivity contribution >= 4 is 17.4 Å². The van der Waals surface area contributed by atoms with Crippen LogP contribution in [0.15, 0.2) is 71.6 Å². The monoisotopic (exact) mass is 509 g/mol. The average Bonchev–Trinajstić information content (AvgIpc) is 3.38. The second-order valence-electron chi connectivity index (χ2n) is 9.62. The molecule has 2 aliphatic carbocycles. The van der Waals surface area contributed by atoms with Gasteiger partial charge in [-0.3, -0.25) is 0 Å². The predicted octanol–water partition coefficient (Wildman–Crippen LogP) is 2.05. The van der Waals surface area contributed by atoms with Crippen molar-refractivity contribution in [2.24, 2.45) is 17.8 Å². The summed E-state index contributed by atoms with van der Waals surface area (Å²) in [7, 11) is -6.78. The first-order valence-corrected chi connectivity index (χ1v) is 15.6. The van der Waals surface area contributed by atoms with Crippen LogP contribution in [0.2, 0.25) is 0 Å². The maximum absolute atomic E-state index is 13.2. The third-order valence-corrected chi connectivity index (χ3v) is 9.77. The Morgan fingerprint density at radius 2 is 1.65 bits per heavy atom. The number of fused-ring (bicyclic) bond motifs is 2. The number of unbranched alkanes of at least 4 members (excludes halogenated alkanes) is 1. The molecule has 5 nitrogen and oxygen atoms in total. The number of hydrogen-bond donors (Lipinski definition) is 1. The van der Waals surface area contributed by atoms with Gasteiger partial charge in [-0.05, 0) is 92.4 Å². The molecule has 2 fully saturated rings. The molecule has 2 aromatic rings. The van der Waals surface area contributed by atoms with E-state index in [0.717, 1.165) is 36.8 Å². The van der Waals surface area contributed by atoms with Gasteiger partial charge in [0.15, 0.2) is 0 Å². The van der Waals surface area contributed by atoms with Crippen LogP contribution < -0.4 is 39.2 Å². The van der Waals surface area contributed by atoms with Gasteiger partial charge in [-0.15, -0.1) is 0 Å². The molecule has 0 heterocycles. The summed E-state index contributed by atoms with van der Waals surface area (Å²) >= 11 is 0. The number of rotatable bonds is 10. The summed E-state index contributed by atoms with van der Waals surface area (Å²) < 4.78 is 40.7. The maximum Gasteiger partial charge on any atom is 1.00 e. The van der Waals surface area contributed by atoms with E-state index in [4.69, 9.17) is 0 Å². The van der Waals surface area contributed by atoms with Crippen LogP contribution in [-0.4, -0.2) is 27.3 Å². The van der Waals surface area contributed by atoms with Gasteiger partial charge in [-0.2, -0.15) is 0 Å². The van der Waals surface area contributed by atoms with Gasteiger partial charge >= 0.3 is 29.6 Å². The van der Waals surface area contributed by atoms with Gasteiger partial charge in [0.1, 0.15) is 0 Å². The summed E-state index contributed by atoms with van der Waals surface area (Å²) in [5.74, 6) is 1.26. The number of benzene rings is 2. The van der Waals surface area contributed by atoms with Crippen LogP contribution in [0.4, 0.5) is 0 Å². The molecule has 2 saturated carbocycles. The first-order valence-electron chi connectivity index (χ1n) is 11.8. The van der Waals surface area contributed by atoms with Crippen molar-refractivity contribution in [2.75, 3.05) is 12.8 Å². The van der Waals surface area contributed by atoms with E-state index < -0.39 is 17.4 Å². The molecule has 4 rings (SSSR count). The summed E-state index contributed by atoms with van der Waals surface area (Å²) in [4.78, 5) is 11.6. The molecule has 0 aliphatic heterocycles. The Labute approximate surface area is 226 Å². The van der Waals surface area contributed by atoms with Crippen molar-refractivity contribution in [2.45, 2.75) is 49.5 Å². The SMILES string of the molecule is CP(=O)([O-])CCC/C=C\CC1C(NS(=O)(=O)c2ccc(-c3ccccc3)cc2)C2CC[C@H]1C2.[Na+]. The molecular formula is C26H33NNaO4PS. The minimum Gasteiger partial charge on any atom is -0.799 e. The fraction of sp³-hybridized carbons (Fsp3) is 0.462. The molecule has 5 atom stereocenters. The molecule has 0 aromatic heterocycles. The average molecular weight is 510 g/mol. The third-order valence-electron chi connectivity index (χ3n) is 7.16. The molecule has 0 saturated heterocycles. The topological polar surface area (TPSA) is 86.3 Å². The first-order chi connectivity index (χ1) is 15.7. The van der Waals surface area contributed by atoms with Gasteiger partial charge < -0.3 is 9.46 Å². The zero-order valence-corrected chi connectivity index (χ0v) is 23.8. The van der Waals surface area contributed by atoms with E-state index in [2.05, 4.69) is 16.9 Å². The standard InChI is InChI=1S/C26H34NO4PS.Na/c1-32(28,29)18-8-3-2-7-11-25-22-12-13-23(19-22)26(25)27-33(30,31)24-16-14-21(15-17-24)20-9-5-4-6-10-20;/h2,4-7,9-10,14-17,22-23,25-27H,3,8,11-13,18-19H2,1H3,(H,28,29);/q;+1/p-1/b7-2-;/t22-,23?,25?,26?;/m0./s1. The summed E-state index contributed by atoms with van der Waals surface area (Å²) in [5, 5.41) is 0. The van der Waals surface area contributed by atoms with Gasteiger partial charge in [0, 0.05) is 13.4 Å². The molecule has 2 bridgehead atoms. The van der Waals surface area contributed by atoms with E-state index in [1.165, 1.54) is 13.1 Å². The molecule has 0 radical (unpaired) electrons. The fourth-order valence-corrected chi connectivity index (χ4v) is 7.62. The summed E-state index contributed by atoms with van der Waals surface area (Å²) in [6.45, 7) is 1.29. The molecule has 0 spiro atoms. The molecule has 2 aromatic carbocycles. The van der Waals surface area contributed by atoms with Gasteiger partial charge in [-0.25, -0.2) is 13.1 Å². The molecule has 178 valence electrons. The molecule has 0 amide bonds. The van der Waals surface area contributed by atoms with Crippen LogP contribution in [0.25, 0.3) is 11.1 Å². The van der Waals surface area contributed by atoms with Gasteiger partial charge in [0.25, 0.3) is 0 Å². The van der Waals surface area contributed by atoms with E-state index in [9.17, 15) is 17.9 Å². The number of allylic oxidation sites excluding steroid dienone is 2. The van der Waals surface area contributed by atoms with Crippen molar-refractivity contribution < 1.29 is 47.4 Å². The van der Waals surface area contributed by atoms with Gasteiger partial charge in [0.2, 0.25) is 10.0 Å². The summed E-state index contributed by atoms with van der Waals surface area (Å²) in [6.07, 6.45) is 9.96. The Morgan fingerprint density at radius 1 is 1.00 bits per heavy atom. The van der Waals surface area contributed by atoms with Gasteiger partial charge in [-0.1, -0.05) is 54.6 Å². The molecule has 34 heavy (non-hydrogen) atoms. The van der Waals surface area contributed by atoms with Crippen molar-refractivity contribution in [3.05, 3.63) is 66.7 Å². The predicted molar refractivity (Wildman–Crippen MR) is 132 cm³/mol. The zero-order valence-electron chi connectivity index (χ0n) is 20.1. The Morgan fingerprint density at radius 3 is 2.32 bits per heavy atom. The smallest absolute Gasteiger partial charge is 0.799 e. The summed E-state index contributed by atoms with van der Waals surface area (Å²) in [6, 6.07) is 17.0. The molecule has 4 unspecified atom stereocenters. The van der Waals surface area contributed by atoms with E-state index in [0.29, 0.717) is 29.1 Å². The Hall–Kier alpha value is -0.720. The Kier molecular flexibility index (Phi) is 9.84. The van der Waals surface area contributed by atoms with E-state index in [-0.39, 0.29) is 41.8 Å². The Balaban J connectivity index is 0.00000324. The second kappa shape index (κ2) is 12.0. The van der Waals surface area contributed by atoms with Crippen LogP contribution in [0.5, 0.6) is 0 Å². The van der Waals surface area contributed by atoms with E-state index in [1.807, 2.05) is 42.5 Å². The number of sulfonamides is 1. The fourth-order valence-electron chi connectivity index (χ4n) is 5.51. The normalized spacial score (nSPS) is 25.8. The molecule has 8 heteroatoms. The molecular weight excluding hydrogens is 476 g/mol. The third kappa shape index (κ3) is 7.16. The molecule has 1 N–H and O–H groups in total. The van der Waals surface area contributed by atoms with Crippen molar-refractivity contribution in [1.29, 1.82) is 0 Å². The van der Waals surface area contributed by atoms with Crippen molar-refractivity contribution in [3.63, 3.8) is 0 Å². The summed E-state index contributed by atoms with van der Waals surface area (Å²) in [5.41, 5.74) is 2.06. The van der Waals surface area contributed by atoms with E-state index in [1.54, 1.807) is 12.1 Å². The first kappa shape index (κ1) is 27.9. The largest absolute Gasteiger partial charge is 1.00 e. The second-order valence-corrected chi connectivity index (χ2v) is 13.8. The van der Waals surface area contributed by atoms with Crippen LogP contribution in [-0.2, 0) is 14.6 Å². The molecule has 2 aliphatic rings. The van der Waals surface area contributed by atoms with Crippen molar-refractivity contribution in [1.82, 2.24) is 4.72 Å². The number of nitrogens with one attached hydrogen (secondary N) is 1.